The highest BCUT2D eigenvalue weighted by molar-refractivity contribution is 5.79. The van der Waals surface area contributed by atoms with Crippen LogP contribution < -0.4 is 5.32 Å². The van der Waals surface area contributed by atoms with Crippen molar-refractivity contribution < 1.29 is 9.90 Å². The van der Waals surface area contributed by atoms with E-state index in [1.54, 1.807) is 12.3 Å². The molecule has 0 aromatic carbocycles. The summed E-state index contributed by atoms with van der Waals surface area (Å²) in [6, 6.07) is 3.92. The van der Waals surface area contributed by atoms with Gasteiger partial charge in [0.1, 0.15) is 0 Å². The topological polar surface area (TPSA) is 62.2 Å². The highest BCUT2D eigenvalue weighted by Crippen LogP contribution is 1.94. The zero-order valence-corrected chi connectivity index (χ0v) is 8.39. The largest absolute Gasteiger partial charge is 0.478 e. The van der Waals surface area contributed by atoms with Gasteiger partial charge in [-0.05, 0) is 24.6 Å². The Morgan fingerprint density at radius 2 is 2.47 bits per heavy atom. The maximum absolute atomic E-state index is 10.1. The minimum Gasteiger partial charge on any atom is -0.478 e. The first-order chi connectivity index (χ1) is 7.29. The van der Waals surface area contributed by atoms with Crippen LogP contribution in [0.2, 0.25) is 0 Å². The smallest absolute Gasteiger partial charge is 0.328 e. The number of pyridine rings is 1. The first-order valence-corrected chi connectivity index (χ1v) is 4.78. The lowest BCUT2D eigenvalue weighted by Gasteiger charge is -2.00. The molecule has 1 aromatic heterocycles. The Balaban J connectivity index is 2.10. The van der Waals surface area contributed by atoms with Crippen molar-refractivity contribution in [2.24, 2.45) is 0 Å². The van der Waals surface area contributed by atoms with Crippen LogP contribution in [0.5, 0.6) is 0 Å². The van der Waals surface area contributed by atoms with Crippen molar-refractivity contribution in [1.82, 2.24) is 10.3 Å². The van der Waals surface area contributed by atoms with Crippen LogP contribution in [0.3, 0.4) is 0 Å². The molecule has 0 unspecified atom stereocenters. The number of nitrogens with one attached hydrogen (secondary N) is 1. The van der Waals surface area contributed by atoms with E-state index in [4.69, 9.17) is 5.11 Å². The van der Waals surface area contributed by atoms with Crippen LogP contribution in [-0.2, 0) is 11.2 Å². The lowest BCUT2D eigenvalue weighted by molar-refractivity contribution is -0.131. The third-order valence-corrected chi connectivity index (χ3v) is 1.84. The van der Waals surface area contributed by atoms with Gasteiger partial charge in [-0.25, -0.2) is 4.79 Å². The Bertz CT molecular complexity index is 323. The summed E-state index contributed by atoms with van der Waals surface area (Å²) < 4.78 is 0. The van der Waals surface area contributed by atoms with Crippen LogP contribution in [0.25, 0.3) is 0 Å². The molecule has 80 valence electrons. The molecule has 0 atom stereocenters. The molecule has 2 N–H and O–H groups in total. The van der Waals surface area contributed by atoms with E-state index in [0.717, 1.165) is 19.0 Å². The van der Waals surface area contributed by atoms with Crippen molar-refractivity contribution in [3.8, 4) is 0 Å². The molecule has 0 bridgehead atoms. The predicted molar refractivity (Wildman–Crippen MR) is 57.6 cm³/mol. The van der Waals surface area contributed by atoms with Gasteiger partial charge >= 0.3 is 5.97 Å². The third-order valence-electron chi connectivity index (χ3n) is 1.84. The lowest BCUT2D eigenvalue weighted by atomic mass is 10.2. The van der Waals surface area contributed by atoms with Crippen molar-refractivity contribution in [2.45, 2.75) is 6.42 Å². The first kappa shape index (κ1) is 11.4. The average molecular weight is 206 g/mol. The normalized spacial score (nSPS) is 10.7. The molecule has 0 saturated heterocycles. The molecule has 0 amide bonds. The Morgan fingerprint density at radius 3 is 3.13 bits per heavy atom. The number of carboxylic acid groups (broad SMARTS) is 1. The van der Waals surface area contributed by atoms with Gasteiger partial charge in [0.25, 0.3) is 0 Å². The van der Waals surface area contributed by atoms with Gasteiger partial charge in [0, 0.05) is 25.0 Å². The van der Waals surface area contributed by atoms with Gasteiger partial charge in [-0.2, -0.15) is 0 Å². The Morgan fingerprint density at radius 1 is 1.60 bits per heavy atom. The Kier molecular flexibility index (Phi) is 5.11. The standard InChI is InChI=1S/C11H14N2O2/c14-11(15)4-2-6-12-8-5-10-3-1-7-13-9-10/h1-4,7,9,12H,5-6,8H2,(H,14,15)/b4-2+. The molecule has 0 aliphatic carbocycles. The SMILES string of the molecule is O=C(O)/C=C/CNCCc1cccnc1. The van der Waals surface area contributed by atoms with E-state index in [0.29, 0.717) is 6.54 Å². The second kappa shape index (κ2) is 6.73. The van der Waals surface area contributed by atoms with E-state index < -0.39 is 5.97 Å². The molecule has 1 aromatic rings. The molecular formula is C11H14N2O2. The molecule has 1 rings (SSSR count). The summed E-state index contributed by atoms with van der Waals surface area (Å²) in [5.74, 6) is -0.913. The van der Waals surface area contributed by atoms with Crippen molar-refractivity contribution >= 4 is 5.97 Å². The fourth-order valence-corrected chi connectivity index (χ4v) is 1.12. The number of carbonyl (C=O) groups is 1. The van der Waals surface area contributed by atoms with E-state index in [-0.39, 0.29) is 0 Å². The molecule has 1 heterocycles. The van der Waals surface area contributed by atoms with Crippen LogP contribution in [0, 0.1) is 0 Å². The minimum atomic E-state index is -0.913. The van der Waals surface area contributed by atoms with Gasteiger partial charge in [0.2, 0.25) is 0 Å². The summed E-state index contributed by atoms with van der Waals surface area (Å²) in [5.41, 5.74) is 1.17. The van der Waals surface area contributed by atoms with Crippen molar-refractivity contribution in [1.29, 1.82) is 0 Å². The molecular weight excluding hydrogens is 192 g/mol. The third kappa shape index (κ3) is 5.59. The Labute approximate surface area is 88.7 Å². The fraction of sp³-hybridized carbons (Fsp3) is 0.273. The van der Waals surface area contributed by atoms with Crippen LogP contribution in [-0.4, -0.2) is 29.1 Å². The summed E-state index contributed by atoms with van der Waals surface area (Å²) in [7, 11) is 0. The van der Waals surface area contributed by atoms with Crippen LogP contribution in [0.4, 0.5) is 0 Å². The second-order valence-electron chi connectivity index (χ2n) is 3.06. The summed E-state index contributed by atoms with van der Waals surface area (Å²) >= 11 is 0. The molecule has 0 aliphatic rings. The van der Waals surface area contributed by atoms with Crippen LogP contribution in [0.15, 0.2) is 36.7 Å². The van der Waals surface area contributed by atoms with Gasteiger partial charge in [-0.15, -0.1) is 0 Å². The van der Waals surface area contributed by atoms with Gasteiger partial charge in [-0.3, -0.25) is 4.98 Å². The molecule has 4 nitrogen and oxygen atoms in total. The highest BCUT2D eigenvalue weighted by Gasteiger charge is 1.90. The quantitative estimate of drug-likeness (QED) is 0.535. The van der Waals surface area contributed by atoms with Crippen LogP contribution >= 0.6 is 0 Å². The minimum absolute atomic E-state index is 0.576. The van der Waals surface area contributed by atoms with E-state index in [9.17, 15) is 4.79 Å². The highest BCUT2D eigenvalue weighted by atomic mass is 16.4. The number of aromatic nitrogens is 1. The molecule has 0 spiro atoms. The molecule has 4 heteroatoms. The van der Waals surface area contributed by atoms with E-state index >= 15 is 0 Å². The average Bonchev–Trinajstić information content (AvgIpc) is 2.24. The monoisotopic (exact) mass is 206 g/mol. The van der Waals surface area contributed by atoms with Gasteiger partial charge in [0.05, 0.1) is 0 Å². The number of aliphatic carboxylic acids is 1. The summed E-state index contributed by atoms with van der Waals surface area (Å²) in [6.45, 7) is 1.39. The number of hydrogen-bond acceptors (Lipinski definition) is 3. The van der Waals surface area contributed by atoms with E-state index in [1.807, 2.05) is 18.3 Å². The van der Waals surface area contributed by atoms with Gasteiger partial charge < -0.3 is 10.4 Å². The molecule has 0 radical (unpaired) electrons. The first-order valence-electron chi connectivity index (χ1n) is 4.78. The van der Waals surface area contributed by atoms with E-state index in [1.165, 1.54) is 5.56 Å². The van der Waals surface area contributed by atoms with E-state index in [2.05, 4.69) is 10.3 Å². The Hall–Kier alpha value is -1.68. The number of carboxylic acids is 1. The molecule has 0 fully saturated rings. The fourth-order valence-electron chi connectivity index (χ4n) is 1.12. The second-order valence-corrected chi connectivity index (χ2v) is 3.06. The summed E-state index contributed by atoms with van der Waals surface area (Å²) in [6.07, 6.45) is 7.19. The maximum Gasteiger partial charge on any atom is 0.328 e. The predicted octanol–water partition coefficient (Wildman–Crippen LogP) is 0.854. The zero-order chi connectivity index (χ0) is 10.9. The van der Waals surface area contributed by atoms with Crippen molar-refractivity contribution in [3.05, 3.63) is 42.2 Å². The molecule has 15 heavy (non-hydrogen) atoms. The summed E-state index contributed by atoms with van der Waals surface area (Å²) in [4.78, 5) is 14.1. The number of rotatable bonds is 6. The zero-order valence-electron chi connectivity index (χ0n) is 8.39. The van der Waals surface area contributed by atoms with Crippen molar-refractivity contribution in [3.63, 3.8) is 0 Å². The maximum atomic E-state index is 10.1. The number of hydrogen-bond donors (Lipinski definition) is 2. The van der Waals surface area contributed by atoms with Crippen LogP contribution in [0.1, 0.15) is 5.56 Å². The molecule has 0 saturated carbocycles. The van der Waals surface area contributed by atoms with Gasteiger partial charge in [0.15, 0.2) is 0 Å². The lowest BCUT2D eigenvalue weighted by Crippen LogP contribution is -2.17. The van der Waals surface area contributed by atoms with Gasteiger partial charge in [-0.1, -0.05) is 12.1 Å². The van der Waals surface area contributed by atoms with Crippen molar-refractivity contribution in [2.75, 3.05) is 13.1 Å². The summed E-state index contributed by atoms with van der Waals surface area (Å²) in [5, 5.41) is 11.4. The number of nitrogens with zero attached hydrogens (tertiary/aromatic N) is 1. The molecule has 0 aliphatic heterocycles.